The number of hydrogen-bond donors (Lipinski definition) is 6. The molecule has 19 heteroatoms. The zero-order valence-electron chi connectivity index (χ0n) is 33.3. The van der Waals surface area contributed by atoms with Crippen molar-refractivity contribution in [1.29, 1.82) is 0 Å². The minimum Gasteiger partial charge on any atom is -0.354 e. The van der Waals surface area contributed by atoms with Gasteiger partial charge in [-0.15, -0.1) is 0 Å². The predicted molar refractivity (Wildman–Crippen MR) is 223 cm³/mol. The number of fused-ring (bicyclic) bond motifs is 2. The maximum absolute atomic E-state index is 14.0. The van der Waals surface area contributed by atoms with Gasteiger partial charge >= 0.3 is 0 Å². The van der Waals surface area contributed by atoms with E-state index in [0.717, 1.165) is 33.9 Å². The fourth-order valence-electron chi connectivity index (χ4n) is 8.25. The van der Waals surface area contributed by atoms with E-state index >= 15 is 0 Å². The Hall–Kier alpha value is -4.50. The maximum Gasteiger partial charge on any atom is 0.266 e. The average Bonchev–Trinajstić information content (AvgIpc) is 3.49. The highest BCUT2D eigenvalue weighted by Gasteiger charge is 2.49. The molecule has 0 radical (unpaired) electrons. The van der Waals surface area contributed by atoms with Crippen LogP contribution in [0.3, 0.4) is 0 Å². The van der Waals surface area contributed by atoms with E-state index in [-0.39, 0.29) is 38.8 Å². The summed E-state index contributed by atoms with van der Waals surface area (Å²) in [4.78, 5) is 29.6. The molecule has 1 atom stereocenters. The van der Waals surface area contributed by atoms with Crippen molar-refractivity contribution < 1.29 is 58.3 Å². The zero-order valence-corrected chi connectivity index (χ0v) is 35.7. The second-order valence-electron chi connectivity index (χ2n) is 16.0. The topological polar surface area (TPSA) is 248 Å². The van der Waals surface area contributed by atoms with E-state index < -0.39 is 82.2 Å². The maximum atomic E-state index is 14.0. The van der Waals surface area contributed by atoms with Crippen LogP contribution in [0.4, 0.5) is 11.4 Å². The molecule has 6 N–H and O–H groups in total. The Kier molecular flexibility index (Phi) is 13.3. The van der Waals surface area contributed by atoms with Crippen LogP contribution in [0.2, 0.25) is 0 Å². The highest BCUT2D eigenvalue weighted by Crippen LogP contribution is 2.48. The fraction of sp³-hybridized carbons (Fsp3) is 0.425. The number of anilines is 1. The van der Waals surface area contributed by atoms with E-state index in [9.17, 15) is 53.7 Å². The smallest absolute Gasteiger partial charge is 0.266 e. The largest absolute Gasteiger partial charge is 0.354 e. The molecule has 3 aliphatic rings. The molecular formula is C40H51N4O12S3+. The minimum absolute atomic E-state index is 0.112. The van der Waals surface area contributed by atoms with Crippen LogP contribution in [0.5, 0.6) is 0 Å². The summed E-state index contributed by atoms with van der Waals surface area (Å²) in [7, 11) is -12.9. The molecular weight excluding hydrogens is 825 g/mol. The Bertz CT molecular complexity index is 2500. The van der Waals surface area contributed by atoms with Crippen LogP contribution in [-0.2, 0) is 50.8 Å². The average molecular weight is 876 g/mol. The van der Waals surface area contributed by atoms with Gasteiger partial charge in [-0.25, -0.2) is 5.48 Å². The quantitative estimate of drug-likeness (QED) is 0.0460. The second-order valence-corrected chi connectivity index (χ2v) is 20.7. The van der Waals surface area contributed by atoms with Gasteiger partial charge in [0, 0.05) is 54.0 Å². The van der Waals surface area contributed by atoms with Gasteiger partial charge in [0.2, 0.25) is 11.6 Å². The van der Waals surface area contributed by atoms with E-state index in [4.69, 9.17) is 0 Å². The molecule has 0 spiro atoms. The molecule has 2 aromatic carbocycles. The zero-order chi connectivity index (χ0) is 43.6. The highest BCUT2D eigenvalue weighted by atomic mass is 32.2. The van der Waals surface area contributed by atoms with Crippen molar-refractivity contribution in [2.24, 2.45) is 5.41 Å². The first-order valence-electron chi connectivity index (χ1n) is 18.9. The van der Waals surface area contributed by atoms with Crippen LogP contribution in [0.25, 0.3) is 0 Å². The Balaban J connectivity index is 1.63. The van der Waals surface area contributed by atoms with Gasteiger partial charge in [0.15, 0.2) is 5.71 Å². The summed E-state index contributed by atoms with van der Waals surface area (Å²) in [5, 5.41) is 12.4. The van der Waals surface area contributed by atoms with Gasteiger partial charge in [0.05, 0.1) is 22.7 Å². The lowest BCUT2D eigenvalue weighted by Gasteiger charge is -2.34. The summed E-state index contributed by atoms with van der Waals surface area (Å²) in [6.45, 7) is 7.94. The number of nitrogens with zero attached hydrogens (tertiary/aromatic N) is 2. The normalized spacial score (nSPS) is 21.5. The van der Waals surface area contributed by atoms with Crippen LogP contribution in [0.15, 0.2) is 95.8 Å². The van der Waals surface area contributed by atoms with Gasteiger partial charge in [-0.1, -0.05) is 68.5 Å². The molecule has 2 amide bonds. The minimum atomic E-state index is -4.47. The number of carbonyl (C=O) groups excluding carboxylic acids is 2. The number of para-hydroxylation sites is 2. The second kappa shape index (κ2) is 17.2. The van der Waals surface area contributed by atoms with Crippen LogP contribution < -0.4 is 15.7 Å². The molecule has 59 heavy (non-hydrogen) atoms. The van der Waals surface area contributed by atoms with E-state index in [2.05, 4.69) is 5.32 Å². The van der Waals surface area contributed by atoms with Gasteiger partial charge < -0.3 is 10.2 Å². The predicted octanol–water partition coefficient (Wildman–Crippen LogP) is 4.00. The molecule has 16 nitrogen and oxygen atoms in total. The SMILES string of the molecule is CC1(C)C(/C=C/C2=CC(=C/C=C3/N(CCCS(=O)(=O)O)c4ccccc4C3(C)C)/CC(C(=O)NO)(C(=O)NCCS(=O)(=O)O)C2)=[N+](CCCS(=O)(=O)O)c2ccccc21. The monoisotopic (exact) mass is 875 g/mol. The fourth-order valence-corrected chi connectivity index (χ4v) is 9.60. The van der Waals surface area contributed by atoms with E-state index in [1.165, 1.54) is 0 Å². The van der Waals surface area contributed by atoms with Crippen molar-refractivity contribution >= 4 is 59.3 Å². The molecule has 0 saturated heterocycles. The van der Waals surface area contributed by atoms with Crippen molar-refractivity contribution in [3.8, 4) is 0 Å². The van der Waals surface area contributed by atoms with Crippen LogP contribution in [0, 0.1) is 5.41 Å². The molecule has 5 rings (SSSR count). The first-order valence-corrected chi connectivity index (χ1v) is 23.7. The summed E-state index contributed by atoms with van der Waals surface area (Å²) in [5.41, 5.74) is 4.45. The Morgan fingerprint density at radius 2 is 1.37 bits per heavy atom. The lowest BCUT2D eigenvalue weighted by atomic mass is 9.70. The van der Waals surface area contributed by atoms with Gasteiger partial charge in [-0.2, -0.15) is 29.8 Å². The van der Waals surface area contributed by atoms with Gasteiger partial charge in [-0.3, -0.25) is 28.5 Å². The summed E-state index contributed by atoms with van der Waals surface area (Å²) >= 11 is 0. The highest BCUT2D eigenvalue weighted by molar-refractivity contribution is 7.86. The number of carbonyl (C=O) groups is 2. The van der Waals surface area contributed by atoms with Crippen LogP contribution in [0.1, 0.15) is 64.5 Å². The third-order valence-corrected chi connectivity index (χ3v) is 13.4. The molecule has 0 saturated carbocycles. The molecule has 2 aliphatic heterocycles. The number of nitrogens with one attached hydrogen (secondary N) is 2. The third-order valence-electron chi connectivity index (χ3n) is 11.1. The number of amides is 2. The lowest BCUT2D eigenvalue weighted by Crippen LogP contribution is -2.52. The number of hydroxylamine groups is 1. The first kappa shape index (κ1) is 45.6. The first-order chi connectivity index (χ1) is 27.4. The molecule has 2 aromatic rings. The van der Waals surface area contributed by atoms with Crippen molar-refractivity contribution in [2.75, 3.05) is 41.8 Å². The number of hydrogen-bond acceptors (Lipinski definition) is 10. The number of allylic oxidation sites excluding steroid dienone is 8. The molecule has 1 aliphatic carbocycles. The van der Waals surface area contributed by atoms with E-state index in [1.54, 1.807) is 23.7 Å². The molecule has 320 valence electrons. The van der Waals surface area contributed by atoms with Crippen molar-refractivity contribution in [3.05, 3.63) is 107 Å². The van der Waals surface area contributed by atoms with Gasteiger partial charge in [0.25, 0.3) is 36.3 Å². The summed E-state index contributed by atoms with van der Waals surface area (Å²) in [6.07, 6.45) is 8.59. The van der Waals surface area contributed by atoms with Crippen LogP contribution in [-0.4, -0.2) is 103 Å². The molecule has 0 bridgehead atoms. The van der Waals surface area contributed by atoms with Gasteiger partial charge in [-0.05, 0) is 62.0 Å². The summed E-state index contributed by atoms with van der Waals surface area (Å²) < 4.78 is 99.5. The lowest BCUT2D eigenvalue weighted by molar-refractivity contribution is -0.437. The summed E-state index contributed by atoms with van der Waals surface area (Å²) in [6, 6.07) is 15.2. The number of benzene rings is 2. The Morgan fingerprint density at radius 1 is 0.763 bits per heavy atom. The Labute approximate surface area is 345 Å². The molecule has 0 fully saturated rings. The Morgan fingerprint density at radius 3 is 2.02 bits per heavy atom. The number of rotatable bonds is 16. The van der Waals surface area contributed by atoms with E-state index in [1.807, 2.05) is 97.9 Å². The van der Waals surface area contributed by atoms with E-state index in [0.29, 0.717) is 11.1 Å². The van der Waals surface area contributed by atoms with Crippen LogP contribution >= 0.6 is 0 Å². The molecule has 0 aromatic heterocycles. The van der Waals surface area contributed by atoms with Crippen molar-refractivity contribution in [2.45, 2.75) is 64.2 Å². The molecule has 2 heterocycles. The van der Waals surface area contributed by atoms with Crippen molar-refractivity contribution in [3.63, 3.8) is 0 Å². The van der Waals surface area contributed by atoms with Crippen molar-refractivity contribution in [1.82, 2.24) is 10.8 Å². The van der Waals surface area contributed by atoms with Gasteiger partial charge in [0.1, 0.15) is 12.0 Å². The standard InChI is InChI=1S/C40H50N4O12S3/c1-38(2)30-11-5-7-13-32(30)43(20-9-22-57(48,49)50)34(38)17-15-28-25-29(27-40(26-28,37(46)42-47)36(45)41-19-24-59(54,55)56)16-18-35-39(3,4)31-12-6-8-14-33(31)44(35)21-10-23-58(51,52)53/h5-8,11-18,25H,9-10,19-24,26-27H2,1-4H3,(H5-,41,42,45,46,47,48,49,50,51,52,53,54,55,56)/p+1. The third kappa shape index (κ3) is 10.5. The summed E-state index contributed by atoms with van der Waals surface area (Å²) in [5.74, 6) is -3.70. The molecule has 1 unspecified atom stereocenters.